The lowest BCUT2D eigenvalue weighted by atomic mass is 9.64. The van der Waals surface area contributed by atoms with Crippen molar-refractivity contribution < 1.29 is 9.32 Å². The number of piperidine rings is 1. The predicted octanol–water partition coefficient (Wildman–Crippen LogP) is 3.76. The smallest absolute Gasteiger partial charge is 0.322 e. The number of aromatic nitrogens is 5. The lowest BCUT2D eigenvalue weighted by Crippen LogP contribution is -2.70. The second-order valence-electron chi connectivity index (χ2n) is 8.31. The third-order valence-electron chi connectivity index (χ3n) is 5.98. The van der Waals surface area contributed by atoms with E-state index in [0.717, 1.165) is 19.3 Å². The average molecular weight is 428 g/mol. The van der Waals surface area contributed by atoms with Gasteiger partial charge in [0.25, 0.3) is 0 Å². The zero-order valence-corrected chi connectivity index (χ0v) is 17.7. The predicted molar refractivity (Wildman–Crippen MR) is 110 cm³/mol. The maximum atomic E-state index is 13.3. The van der Waals surface area contributed by atoms with Crippen molar-refractivity contribution in [2.24, 2.45) is 13.0 Å². The molecule has 3 aromatic rings. The van der Waals surface area contributed by atoms with Gasteiger partial charge in [-0.2, -0.15) is 10.1 Å². The van der Waals surface area contributed by atoms with E-state index in [9.17, 15) is 4.79 Å². The number of carbonyl (C=O) groups is 1. The molecule has 1 N–H and O–H groups in total. The first-order valence-electron chi connectivity index (χ1n) is 9.92. The van der Waals surface area contributed by atoms with Crippen LogP contribution in [0.5, 0.6) is 0 Å². The molecular formula is C20H22ClN7O2. The van der Waals surface area contributed by atoms with E-state index in [1.54, 1.807) is 43.2 Å². The fraction of sp³-hybridized carbons (Fsp3) is 0.450. The van der Waals surface area contributed by atoms with Crippen molar-refractivity contribution in [1.82, 2.24) is 29.8 Å². The van der Waals surface area contributed by atoms with Gasteiger partial charge in [-0.25, -0.2) is 9.78 Å². The van der Waals surface area contributed by atoms with Crippen LogP contribution in [0.15, 0.2) is 29.0 Å². The first-order valence-corrected chi connectivity index (χ1v) is 10.3. The second kappa shape index (κ2) is 6.80. The molecule has 0 radical (unpaired) electrons. The SMILES string of the molecule is Cc1nc(C23CC(C[C@@H](C)C2)N3C(=O)Nc2ccc(Cl)c(-c3ncn(C)n3)c2)no1. The molecule has 156 valence electrons. The molecule has 1 saturated heterocycles. The van der Waals surface area contributed by atoms with Gasteiger partial charge in [-0.05, 0) is 43.4 Å². The topological polar surface area (TPSA) is 102 Å². The third-order valence-corrected chi connectivity index (χ3v) is 6.31. The number of likely N-dealkylation sites (tertiary alicyclic amines) is 1. The number of rotatable bonds is 3. The molecule has 2 fully saturated rings. The molecule has 1 aliphatic carbocycles. The Hall–Kier alpha value is -2.94. The Morgan fingerprint density at radius 3 is 2.90 bits per heavy atom. The van der Waals surface area contributed by atoms with Gasteiger partial charge < -0.3 is 14.7 Å². The van der Waals surface area contributed by atoms with Crippen LogP contribution in [0.4, 0.5) is 10.5 Å². The molecule has 2 unspecified atom stereocenters. The van der Waals surface area contributed by atoms with Gasteiger partial charge >= 0.3 is 6.03 Å². The number of urea groups is 1. The summed E-state index contributed by atoms with van der Waals surface area (Å²) in [5.41, 5.74) is 0.780. The normalized spacial score (nSPS) is 25.1. The van der Waals surface area contributed by atoms with E-state index in [-0.39, 0.29) is 12.1 Å². The molecule has 1 aliphatic heterocycles. The monoisotopic (exact) mass is 427 g/mol. The van der Waals surface area contributed by atoms with Crippen molar-refractivity contribution in [2.75, 3.05) is 5.32 Å². The van der Waals surface area contributed by atoms with Gasteiger partial charge in [0.05, 0.1) is 5.02 Å². The summed E-state index contributed by atoms with van der Waals surface area (Å²) in [6.07, 6.45) is 4.25. The van der Waals surface area contributed by atoms with Crippen LogP contribution in [0, 0.1) is 12.8 Å². The molecule has 2 amide bonds. The van der Waals surface area contributed by atoms with Crippen LogP contribution < -0.4 is 5.32 Å². The van der Waals surface area contributed by atoms with Gasteiger partial charge in [-0.1, -0.05) is 23.7 Å². The lowest BCUT2D eigenvalue weighted by Gasteiger charge is -2.61. The van der Waals surface area contributed by atoms with Gasteiger partial charge in [-0.15, -0.1) is 0 Å². The maximum absolute atomic E-state index is 13.3. The quantitative estimate of drug-likeness (QED) is 0.682. The van der Waals surface area contributed by atoms with Crippen molar-refractivity contribution >= 4 is 23.3 Å². The number of halogens is 1. The van der Waals surface area contributed by atoms with Gasteiger partial charge in [-0.3, -0.25) is 4.68 Å². The molecule has 1 aromatic carbocycles. The summed E-state index contributed by atoms with van der Waals surface area (Å²) >= 11 is 6.34. The van der Waals surface area contributed by atoms with Gasteiger partial charge in [0.1, 0.15) is 11.9 Å². The van der Waals surface area contributed by atoms with Crippen LogP contribution in [0.1, 0.15) is 37.9 Å². The number of nitrogens with one attached hydrogen (secondary N) is 1. The molecule has 2 aliphatic rings. The Balaban J connectivity index is 1.43. The van der Waals surface area contributed by atoms with Gasteiger partial charge in [0.2, 0.25) is 5.89 Å². The minimum atomic E-state index is -0.512. The molecule has 2 bridgehead atoms. The molecule has 30 heavy (non-hydrogen) atoms. The Morgan fingerprint density at radius 1 is 1.37 bits per heavy atom. The van der Waals surface area contributed by atoms with E-state index in [4.69, 9.17) is 16.1 Å². The molecular weight excluding hydrogens is 406 g/mol. The van der Waals surface area contributed by atoms with Crippen LogP contribution in [0.25, 0.3) is 11.4 Å². The number of carbonyl (C=O) groups excluding carboxylic acids is 1. The van der Waals surface area contributed by atoms with Crippen molar-refractivity contribution in [2.45, 2.75) is 44.7 Å². The number of anilines is 1. The minimum Gasteiger partial charge on any atom is -0.340 e. The summed E-state index contributed by atoms with van der Waals surface area (Å²) in [5, 5.41) is 12.0. The van der Waals surface area contributed by atoms with Gasteiger partial charge in [0.15, 0.2) is 11.6 Å². The minimum absolute atomic E-state index is 0.164. The van der Waals surface area contributed by atoms with Crippen LogP contribution in [0.2, 0.25) is 5.02 Å². The van der Waals surface area contributed by atoms with Crippen LogP contribution in [0.3, 0.4) is 0 Å². The summed E-state index contributed by atoms with van der Waals surface area (Å²) in [5.74, 6) is 2.09. The van der Waals surface area contributed by atoms with E-state index >= 15 is 0 Å². The van der Waals surface area contributed by atoms with E-state index in [0.29, 0.717) is 39.7 Å². The standard InChI is InChI=1S/C20H22ClN7O2/c1-11-6-14-9-20(8-11,18-23-12(2)30-26-18)28(14)19(29)24-13-4-5-16(21)15(7-13)17-22-10-27(3)25-17/h4-5,7,10-11,14H,6,8-9H2,1-3H3,(H,24,29)/t11-,14?,20?/m1/s1. The number of benzene rings is 1. The first kappa shape index (κ1) is 19.0. The fourth-order valence-electron chi connectivity index (χ4n) is 4.87. The molecule has 2 aromatic heterocycles. The average Bonchev–Trinajstić information content (AvgIpc) is 3.31. The molecule has 10 heteroatoms. The molecule has 9 nitrogen and oxygen atoms in total. The van der Waals surface area contributed by atoms with Crippen molar-refractivity contribution in [1.29, 1.82) is 0 Å². The van der Waals surface area contributed by atoms with Crippen molar-refractivity contribution in [3.05, 3.63) is 41.3 Å². The first-order chi connectivity index (χ1) is 14.4. The summed E-state index contributed by atoms with van der Waals surface area (Å²) in [4.78, 5) is 23.9. The highest BCUT2D eigenvalue weighted by molar-refractivity contribution is 6.33. The number of aryl methyl sites for hydroxylation is 2. The highest BCUT2D eigenvalue weighted by Crippen LogP contribution is 2.55. The number of nitrogens with zero attached hydrogens (tertiary/aromatic N) is 6. The highest BCUT2D eigenvalue weighted by Gasteiger charge is 2.61. The molecule has 3 atom stereocenters. The Labute approximate surface area is 178 Å². The Morgan fingerprint density at radius 2 is 2.20 bits per heavy atom. The lowest BCUT2D eigenvalue weighted by molar-refractivity contribution is -0.101. The molecule has 0 spiro atoms. The number of hydrogen-bond donors (Lipinski definition) is 1. The molecule has 1 saturated carbocycles. The molecule has 3 heterocycles. The second-order valence-corrected chi connectivity index (χ2v) is 8.72. The Bertz CT molecular complexity index is 1130. The van der Waals surface area contributed by atoms with E-state index in [2.05, 4.69) is 32.5 Å². The number of amides is 2. The fourth-order valence-corrected chi connectivity index (χ4v) is 5.07. The summed E-state index contributed by atoms with van der Waals surface area (Å²) < 4.78 is 6.83. The van der Waals surface area contributed by atoms with Crippen molar-refractivity contribution in [3.8, 4) is 11.4 Å². The number of hydrogen-bond acceptors (Lipinski definition) is 6. The summed E-state index contributed by atoms with van der Waals surface area (Å²) in [6.45, 7) is 3.97. The third kappa shape index (κ3) is 2.96. The maximum Gasteiger partial charge on any atom is 0.322 e. The number of fused-ring (bicyclic) bond motifs is 2. The molecule has 5 rings (SSSR count). The highest BCUT2D eigenvalue weighted by atomic mass is 35.5. The Kier molecular flexibility index (Phi) is 4.32. The van der Waals surface area contributed by atoms with Crippen LogP contribution in [-0.4, -0.2) is 41.9 Å². The zero-order valence-electron chi connectivity index (χ0n) is 17.0. The van der Waals surface area contributed by atoms with Crippen LogP contribution in [-0.2, 0) is 12.6 Å². The van der Waals surface area contributed by atoms with Gasteiger partial charge in [0, 0.05) is 31.3 Å². The van der Waals surface area contributed by atoms with E-state index < -0.39 is 5.54 Å². The summed E-state index contributed by atoms with van der Waals surface area (Å²) in [6, 6.07) is 5.29. The van der Waals surface area contributed by atoms with E-state index in [1.165, 1.54) is 0 Å². The van der Waals surface area contributed by atoms with Crippen LogP contribution >= 0.6 is 11.6 Å². The van der Waals surface area contributed by atoms with Crippen molar-refractivity contribution in [3.63, 3.8) is 0 Å². The zero-order chi connectivity index (χ0) is 21.0. The largest absolute Gasteiger partial charge is 0.340 e. The summed E-state index contributed by atoms with van der Waals surface area (Å²) in [7, 11) is 1.79. The van der Waals surface area contributed by atoms with E-state index in [1.807, 2.05) is 4.90 Å².